The molecule has 4 nitrogen and oxygen atoms in total. The highest BCUT2D eigenvalue weighted by Crippen LogP contribution is 2.53. The van der Waals surface area contributed by atoms with Gasteiger partial charge in [0.15, 0.2) is 8.07 Å². The van der Waals surface area contributed by atoms with E-state index in [2.05, 4.69) is 264 Å². The van der Waals surface area contributed by atoms with Crippen molar-refractivity contribution in [2.75, 3.05) is 4.90 Å². The minimum absolute atomic E-state index is 0.0294. The van der Waals surface area contributed by atoms with Gasteiger partial charge in [-0.05, 0) is 232 Å². The van der Waals surface area contributed by atoms with Gasteiger partial charge in [-0.25, -0.2) is 0 Å². The number of anilines is 3. The number of aryl methyl sites for hydroxylation is 3. The van der Waals surface area contributed by atoms with Crippen molar-refractivity contribution in [3.8, 4) is 17.1 Å². The van der Waals surface area contributed by atoms with Gasteiger partial charge >= 0.3 is 0 Å². The van der Waals surface area contributed by atoms with E-state index in [1.54, 1.807) is 16.7 Å². The lowest BCUT2D eigenvalue weighted by Crippen LogP contribution is -2.87. The van der Waals surface area contributed by atoms with Gasteiger partial charge in [-0.15, -0.1) is 0 Å². The number of aromatic nitrogens is 3. The summed E-state index contributed by atoms with van der Waals surface area (Å²) in [6, 6.07) is 90.7. The molecule has 94 heavy (non-hydrogen) atoms. The topological polar surface area (TPSA) is 18.0 Å². The van der Waals surface area contributed by atoms with E-state index in [-0.39, 0.29) is 18.0 Å². The van der Waals surface area contributed by atoms with E-state index in [0.717, 1.165) is 57.8 Å². The predicted molar refractivity (Wildman–Crippen MR) is 398 cm³/mol. The van der Waals surface area contributed by atoms with E-state index in [1.807, 2.05) is 0 Å². The highest BCUT2D eigenvalue weighted by molar-refractivity contribution is 7.26. The van der Waals surface area contributed by atoms with Gasteiger partial charge in [0, 0.05) is 61.9 Å². The standard InChI is InChI=1S/C88H77BN4Si/c1-88(2,3)57-45-47-58(48-46-57)92-81-51-56(85-71-35-12-6-11-29-63(71)64-30-13-14-36-72(64)85)52-84-86(81)89(74-53-60(91-77-41-21-17-33-67(77)69-37-23-43-78(69)91)54-82(87(74)92)93-79-42-22-18-34-68(79)70-38-24-44-80(70)93)73-50-49-59(90-75-39-19-15-31-65(75)66-32-16-20-40-76(66)90)55-83(73)94(84,61-25-7-4-8-26-61)62-27-9-5-10-28-62/h4-5,7-10,13-15,17-19,21-22,25-28,30-31,33-34,36,39,41-42,45-55,85H,6,11-12,16,20,23-24,29,32,35,37-38,40,43-44H2,1-3H3. The largest absolute Gasteiger partial charge is 0.313 e. The third-order valence-electron chi connectivity index (χ3n) is 23.7. The fourth-order valence-electron chi connectivity index (χ4n) is 19.9. The molecule has 0 saturated carbocycles. The minimum atomic E-state index is -3.39. The molecule has 20 rings (SSSR count). The van der Waals surface area contributed by atoms with Crippen LogP contribution < -0.4 is 42.0 Å². The molecule has 1 unspecified atom stereocenters. The van der Waals surface area contributed by atoms with Crippen molar-refractivity contribution in [1.29, 1.82) is 0 Å². The van der Waals surface area contributed by atoms with Crippen LogP contribution in [-0.4, -0.2) is 28.5 Å². The molecule has 456 valence electrons. The SMILES string of the molecule is CC(C)(C)c1ccc(N2c3cc(C4C5=C(CCCCC5)c5ccccc54)cc4c3B(c3ccc(-n5c6c(c7ccccc75)CCCC6)cc3[Si]4(c3ccccc3)c3ccccc3)c3cc(-n4c5c(c6ccccc64)CCC5)cc(-n4c5c(c6ccccc64)CCC5)c32)cc1. The Labute approximate surface area is 554 Å². The third kappa shape index (κ3) is 7.75. The number of rotatable bonds is 7. The number of fused-ring (bicyclic) bond motifs is 15. The summed E-state index contributed by atoms with van der Waals surface area (Å²) in [5, 5.41) is 10.1. The molecule has 3 aromatic heterocycles. The Balaban J connectivity index is 0.993. The molecule has 0 radical (unpaired) electrons. The van der Waals surface area contributed by atoms with E-state index < -0.39 is 8.07 Å². The normalized spacial score (nSPS) is 17.4. The quantitative estimate of drug-likeness (QED) is 0.145. The van der Waals surface area contributed by atoms with E-state index >= 15 is 0 Å². The maximum Gasteiger partial charge on any atom is 0.246 e. The highest BCUT2D eigenvalue weighted by Gasteiger charge is 2.55. The average molecular weight is 1230 g/mol. The number of allylic oxidation sites excluding steroid dienone is 2. The van der Waals surface area contributed by atoms with Crippen molar-refractivity contribution < 1.29 is 0 Å². The second kappa shape index (κ2) is 20.8. The van der Waals surface area contributed by atoms with E-state index in [4.69, 9.17) is 0 Å². The van der Waals surface area contributed by atoms with Crippen LogP contribution in [0.2, 0.25) is 0 Å². The number of hydrogen-bond donors (Lipinski definition) is 0. The lowest BCUT2D eigenvalue weighted by Gasteiger charge is -2.48. The summed E-state index contributed by atoms with van der Waals surface area (Å²) in [6.45, 7) is 6.97. The first kappa shape index (κ1) is 55.1. The fraction of sp³-hybridized carbons (Fsp3) is 0.227. The van der Waals surface area contributed by atoms with Crippen molar-refractivity contribution in [2.45, 2.75) is 128 Å². The van der Waals surface area contributed by atoms with Crippen LogP contribution in [0.5, 0.6) is 0 Å². The zero-order valence-corrected chi connectivity index (χ0v) is 55.4. The fourth-order valence-corrected chi connectivity index (χ4v) is 25.3. The zero-order chi connectivity index (χ0) is 62.1. The summed E-state index contributed by atoms with van der Waals surface area (Å²) >= 11 is 0. The van der Waals surface area contributed by atoms with Gasteiger partial charge in [0.2, 0.25) is 6.71 Å². The van der Waals surface area contributed by atoms with Gasteiger partial charge in [-0.2, -0.15) is 0 Å². The van der Waals surface area contributed by atoms with Crippen molar-refractivity contribution in [3.63, 3.8) is 0 Å². The number of para-hydroxylation sites is 3. The average Bonchev–Trinajstić information content (AvgIpc) is 0.842. The molecule has 0 amide bonds. The maximum atomic E-state index is 2.86. The molecule has 10 aromatic carbocycles. The van der Waals surface area contributed by atoms with Crippen molar-refractivity contribution >= 4 is 107 Å². The lowest BCUT2D eigenvalue weighted by molar-refractivity contribution is 0.590. The zero-order valence-electron chi connectivity index (χ0n) is 54.4. The van der Waals surface area contributed by atoms with Gasteiger partial charge < -0.3 is 18.6 Å². The van der Waals surface area contributed by atoms with Crippen LogP contribution in [0.3, 0.4) is 0 Å². The van der Waals surface area contributed by atoms with Gasteiger partial charge in [0.1, 0.15) is 0 Å². The van der Waals surface area contributed by atoms with Gasteiger partial charge in [-0.1, -0.05) is 202 Å². The summed E-state index contributed by atoms with van der Waals surface area (Å²) < 4.78 is 8.23. The lowest BCUT2D eigenvalue weighted by atomic mass is 9.34. The van der Waals surface area contributed by atoms with Crippen LogP contribution in [0.25, 0.3) is 55.3 Å². The Morgan fingerprint density at radius 2 is 0.947 bits per heavy atom. The van der Waals surface area contributed by atoms with Gasteiger partial charge in [0.05, 0.1) is 27.9 Å². The number of nitrogens with zero attached hydrogens (tertiary/aromatic N) is 4. The molecule has 7 aliphatic rings. The smallest absolute Gasteiger partial charge is 0.246 e. The van der Waals surface area contributed by atoms with Crippen LogP contribution in [0, 0.1) is 0 Å². The molecule has 0 bridgehead atoms. The first-order chi connectivity index (χ1) is 46.3. The monoisotopic (exact) mass is 1230 g/mol. The Bertz CT molecular complexity index is 5320. The van der Waals surface area contributed by atoms with Crippen LogP contribution in [0.4, 0.5) is 17.1 Å². The predicted octanol–water partition coefficient (Wildman–Crippen LogP) is 16.5. The first-order valence-corrected chi connectivity index (χ1v) is 37.5. The Morgan fingerprint density at radius 3 is 1.62 bits per heavy atom. The number of hydrogen-bond acceptors (Lipinski definition) is 1. The second-order valence-electron chi connectivity index (χ2n) is 29.6. The Kier molecular flexibility index (Phi) is 12.2. The molecule has 1 atom stereocenters. The van der Waals surface area contributed by atoms with Crippen molar-refractivity contribution in [1.82, 2.24) is 13.7 Å². The molecule has 0 N–H and O–H groups in total. The summed E-state index contributed by atoms with van der Waals surface area (Å²) in [5.41, 5.74) is 33.9. The van der Waals surface area contributed by atoms with Gasteiger partial charge in [-0.3, -0.25) is 0 Å². The van der Waals surface area contributed by atoms with E-state index in [9.17, 15) is 0 Å². The van der Waals surface area contributed by atoms with Crippen LogP contribution >= 0.6 is 0 Å². The summed E-state index contributed by atoms with van der Waals surface area (Å²) in [7, 11) is -3.39. The summed E-state index contributed by atoms with van der Waals surface area (Å²) in [6.07, 6.45) is 17.3. The van der Waals surface area contributed by atoms with Gasteiger partial charge in [0.25, 0.3) is 0 Å². The third-order valence-corrected chi connectivity index (χ3v) is 28.6. The van der Waals surface area contributed by atoms with Crippen LogP contribution in [0.1, 0.15) is 141 Å². The molecular formula is C88H77BN4Si. The van der Waals surface area contributed by atoms with Crippen LogP contribution in [-0.2, 0) is 43.9 Å². The molecule has 5 aliphatic carbocycles. The molecule has 5 heterocycles. The molecule has 0 saturated heterocycles. The minimum Gasteiger partial charge on any atom is -0.313 e. The Morgan fingerprint density at radius 1 is 0.404 bits per heavy atom. The van der Waals surface area contributed by atoms with E-state index in [0.29, 0.717) is 0 Å². The highest BCUT2D eigenvalue weighted by atomic mass is 28.3. The molecule has 2 aliphatic heterocycles. The summed E-state index contributed by atoms with van der Waals surface area (Å²) in [5.74, 6) is 0.127. The molecule has 6 heteroatoms. The van der Waals surface area contributed by atoms with E-state index in [1.165, 1.54) is 193 Å². The van der Waals surface area contributed by atoms with Crippen molar-refractivity contribution in [2.24, 2.45) is 0 Å². The maximum absolute atomic E-state index is 3.39. The Hall–Kier alpha value is -9.36. The molecule has 0 spiro atoms. The van der Waals surface area contributed by atoms with Crippen LogP contribution in [0.15, 0.2) is 230 Å². The first-order valence-electron chi connectivity index (χ1n) is 35.5. The van der Waals surface area contributed by atoms with Crippen molar-refractivity contribution in [3.05, 3.63) is 286 Å². The number of benzene rings is 10. The summed E-state index contributed by atoms with van der Waals surface area (Å²) in [4.78, 5) is 2.84. The molecular weight excluding hydrogens is 1150 g/mol. The molecule has 0 fully saturated rings. The second-order valence-corrected chi connectivity index (χ2v) is 33.3. The molecule has 13 aromatic rings.